The summed E-state index contributed by atoms with van der Waals surface area (Å²) in [5, 5.41) is 3.39. The van der Waals surface area contributed by atoms with Crippen molar-refractivity contribution < 1.29 is 17.9 Å². The SMILES string of the molecule is CC(C)(C)NCC1CCCOC1c1cc(F)c(F)c(F)c1. The quantitative estimate of drug-likeness (QED) is 0.853. The van der Waals surface area contributed by atoms with Crippen molar-refractivity contribution >= 4 is 0 Å². The maximum atomic E-state index is 13.4. The van der Waals surface area contributed by atoms with Crippen LogP contribution in [0.5, 0.6) is 0 Å². The van der Waals surface area contributed by atoms with Gasteiger partial charge in [-0.2, -0.15) is 0 Å². The summed E-state index contributed by atoms with van der Waals surface area (Å²) in [6.07, 6.45) is 1.42. The van der Waals surface area contributed by atoms with Crippen LogP contribution in [-0.4, -0.2) is 18.7 Å². The average Bonchev–Trinajstić information content (AvgIpc) is 2.41. The van der Waals surface area contributed by atoms with Gasteiger partial charge in [0.1, 0.15) is 0 Å². The Morgan fingerprint density at radius 1 is 1.19 bits per heavy atom. The largest absolute Gasteiger partial charge is 0.373 e. The van der Waals surface area contributed by atoms with E-state index in [1.807, 2.05) is 0 Å². The molecule has 21 heavy (non-hydrogen) atoms. The van der Waals surface area contributed by atoms with E-state index in [1.165, 1.54) is 0 Å². The van der Waals surface area contributed by atoms with Crippen LogP contribution in [0.3, 0.4) is 0 Å². The van der Waals surface area contributed by atoms with Gasteiger partial charge in [-0.05, 0) is 51.3 Å². The molecule has 5 heteroatoms. The number of rotatable bonds is 3. The van der Waals surface area contributed by atoms with Crippen LogP contribution >= 0.6 is 0 Å². The van der Waals surface area contributed by atoms with E-state index in [4.69, 9.17) is 4.74 Å². The molecule has 0 bridgehead atoms. The molecule has 0 amide bonds. The molecule has 1 heterocycles. The topological polar surface area (TPSA) is 21.3 Å². The van der Waals surface area contributed by atoms with Crippen molar-refractivity contribution in [3.63, 3.8) is 0 Å². The highest BCUT2D eigenvalue weighted by Gasteiger charge is 2.29. The molecular formula is C16H22F3NO. The Balaban J connectivity index is 2.18. The predicted octanol–water partition coefficient (Wildman–Crippen LogP) is 3.96. The summed E-state index contributed by atoms with van der Waals surface area (Å²) in [5.41, 5.74) is 0.327. The first kappa shape index (κ1) is 16.3. The highest BCUT2D eigenvalue weighted by molar-refractivity contribution is 5.22. The number of nitrogens with one attached hydrogen (secondary N) is 1. The van der Waals surface area contributed by atoms with Gasteiger partial charge in [-0.3, -0.25) is 0 Å². The van der Waals surface area contributed by atoms with Gasteiger partial charge >= 0.3 is 0 Å². The number of hydrogen-bond donors (Lipinski definition) is 1. The molecule has 2 unspecified atom stereocenters. The minimum Gasteiger partial charge on any atom is -0.373 e. The first-order valence-corrected chi connectivity index (χ1v) is 7.29. The lowest BCUT2D eigenvalue weighted by molar-refractivity contribution is -0.0296. The number of ether oxygens (including phenoxy) is 1. The van der Waals surface area contributed by atoms with Crippen LogP contribution in [0.15, 0.2) is 12.1 Å². The molecule has 0 aliphatic carbocycles. The van der Waals surface area contributed by atoms with Gasteiger partial charge in [-0.15, -0.1) is 0 Å². The zero-order chi connectivity index (χ0) is 15.6. The monoisotopic (exact) mass is 301 g/mol. The van der Waals surface area contributed by atoms with Crippen molar-refractivity contribution in [3.8, 4) is 0 Å². The lowest BCUT2D eigenvalue weighted by Crippen LogP contribution is -2.41. The number of halogens is 3. The van der Waals surface area contributed by atoms with E-state index >= 15 is 0 Å². The number of benzene rings is 1. The van der Waals surface area contributed by atoms with Gasteiger partial charge < -0.3 is 10.1 Å². The standard InChI is InChI=1S/C16H22F3NO/c1-16(2,3)20-9-10-5-4-6-21-15(10)11-7-12(17)14(19)13(18)8-11/h7-8,10,15,20H,4-6,9H2,1-3H3. The van der Waals surface area contributed by atoms with Crippen molar-refractivity contribution in [3.05, 3.63) is 35.1 Å². The molecule has 1 aromatic rings. The van der Waals surface area contributed by atoms with E-state index in [2.05, 4.69) is 26.1 Å². The minimum absolute atomic E-state index is 0.0404. The average molecular weight is 301 g/mol. The van der Waals surface area contributed by atoms with Gasteiger partial charge in [0.2, 0.25) is 0 Å². The molecular weight excluding hydrogens is 279 g/mol. The Morgan fingerprint density at radius 2 is 1.81 bits per heavy atom. The Morgan fingerprint density at radius 3 is 2.38 bits per heavy atom. The maximum Gasteiger partial charge on any atom is 0.194 e. The molecule has 0 saturated carbocycles. The predicted molar refractivity (Wildman–Crippen MR) is 75.5 cm³/mol. The van der Waals surface area contributed by atoms with Crippen LogP contribution in [0, 0.1) is 23.4 Å². The summed E-state index contributed by atoms with van der Waals surface area (Å²) in [5.74, 6) is -3.65. The highest BCUT2D eigenvalue weighted by Crippen LogP contribution is 2.34. The van der Waals surface area contributed by atoms with E-state index in [9.17, 15) is 13.2 Å². The first-order chi connectivity index (χ1) is 9.78. The maximum absolute atomic E-state index is 13.4. The summed E-state index contributed by atoms with van der Waals surface area (Å²) in [6.45, 7) is 7.42. The van der Waals surface area contributed by atoms with Gasteiger partial charge in [-0.1, -0.05) is 0 Å². The molecule has 1 saturated heterocycles. The Hall–Kier alpha value is -1.07. The second-order valence-electron chi connectivity index (χ2n) is 6.62. The Bertz CT molecular complexity index is 476. The third-order valence-electron chi connectivity index (χ3n) is 3.67. The van der Waals surface area contributed by atoms with Crippen LogP contribution in [-0.2, 0) is 4.74 Å². The van der Waals surface area contributed by atoms with Gasteiger partial charge in [0.15, 0.2) is 17.5 Å². The third-order valence-corrected chi connectivity index (χ3v) is 3.67. The molecule has 1 aliphatic rings. The zero-order valence-corrected chi connectivity index (χ0v) is 12.7. The molecule has 0 radical (unpaired) electrons. The van der Waals surface area contributed by atoms with E-state index in [-0.39, 0.29) is 11.5 Å². The van der Waals surface area contributed by atoms with Crippen LogP contribution in [0.25, 0.3) is 0 Å². The summed E-state index contributed by atoms with van der Waals surface area (Å²) in [4.78, 5) is 0. The van der Waals surface area contributed by atoms with Crippen molar-refractivity contribution in [2.45, 2.75) is 45.3 Å². The zero-order valence-electron chi connectivity index (χ0n) is 12.7. The van der Waals surface area contributed by atoms with Crippen molar-refractivity contribution in [1.82, 2.24) is 5.32 Å². The van der Waals surface area contributed by atoms with Gasteiger partial charge in [0, 0.05) is 24.6 Å². The molecule has 0 spiro atoms. The molecule has 1 aliphatic heterocycles. The Labute approximate surface area is 123 Å². The van der Waals surface area contributed by atoms with E-state index in [0.29, 0.717) is 18.7 Å². The molecule has 1 fully saturated rings. The van der Waals surface area contributed by atoms with Gasteiger partial charge in [0.25, 0.3) is 0 Å². The molecule has 2 atom stereocenters. The van der Waals surface area contributed by atoms with Crippen LogP contribution in [0.1, 0.15) is 45.3 Å². The molecule has 2 nitrogen and oxygen atoms in total. The molecule has 1 N–H and O–H groups in total. The molecule has 1 aromatic carbocycles. The lowest BCUT2D eigenvalue weighted by Gasteiger charge is -2.34. The fourth-order valence-electron chi connectivity index (χ4n) is 2.60. The van der Waals surface area contributed by atoms with Crippen molar-refractivity contribution in [2.24, 2.45) is 5.92 Å². The molecule has 0 aromatic heterocycles. The smallest absolute Gasteiger partial charge is 0.194 e. The van der Waals surface area contributed by atoms with Crippen molar-refractivity contribution in [1.29, 1.82) is 0 Å². The number of hydrogen-bond acceptors (Lipinski definition) is 2. The fourth-order valence-corrected chi connectivity index (χ4v) is 2.60. The van der Waals surface area contributed by atoms with E-state index in [1.54, 1.807) is 0 Å². The van der Waals surface area contributed by atoms with Crippen molar-refractivity contribution in [2.75, 3.05) is 13.2 Å². The minimum atomic E-state index is -1.43. The van der Waals surface area contributed by atoms with E-state index < -0.39 is 23.6 Å². The second kappa shape index (κ2) is 6.36. The third kappa shape index (κ3) is 4.20. The second-order valence-corrected chi connectivity index (χ2v) is 6.62. The summed E-state index contributed by atoms with van der Waals surface area (Å²) < 4.78 is 45.6. The normalized spacial score (nSPS) is 23.3. The summed E-state index contributed by atoms with van der Waals surface area (Å²) in [7, 11) is 0. The summed E-state index contributed by atoms with van der Waals surface area (Å²) in [6, 6.07) is 2.08. The molecule has 118 valence electrons. The van der Waals surface area contributed by atoms with Crippen LogP contribution < -0.4 is 5.32 Å². The molecule has 2 rings (SSSR count). The van der Waals surface area contributed by atoms with E-state index in [0.717, 1.165) is 25.0 Å². The first-order valence-electron chi connectivity index (χ1n) is 7.29. The highest BCUT2D eigenvalue weighted by atomic mass is 19.2. The van der Waals surface area contributed by atoms with Crippen LogP contribution in [0.4, 0.5) is 13.2 Å². The Kier molecular flexibility index (Phi) is 4.94. The lowest BCUT2D eigenvalue weighted by atomic mass is 9.88. The van der Waals surface area contributed by atoms with Crippen LogP contribution in [0.2, 0.25) is 0 Å². The fraction of sp³-hybridized carbons (Fsp3) is 0.625. The van der Waals surface area contributed by atoms with Gasteiger partial charge in [0.05, 0.1) is 6.10 Å². The summed E-state index contributed by atoms with van der Waals surface area (Å²) >= 11 is 0. The van der Waals surface area contributed by atoms with Gasteiger partial charge in [-0.25, -0.2) is 13.2 Å².